The summed E-state index contributed by atoms with van der Waals surface area (Å²) in [6.07, 6.45) is 0.665. The molecule has 2 nitrogen and oxygen atoms in total. The highest BCUT2D eigenvalue weighted by Crippen LogP contribution is 2.05. The van der Waals surface area contributed by atoms with Crippen molar-refractivity contribution in [2.24, 2.45) is 0 Å². The van der Waals surface area contributed by atoms with Crippen molar-refractivity contribution < 1.29 is 9.59 Å². The van der Waals surface area contributed by atoms with Gasteiger partial charge in [-0.2, -0.15) is 0 Å². The van der Waals surface area contributed by atoms with Crippen LogP contribution in [-0.2, 0) is 9.59 Å². The normalized spacial score (nSPS) is 12.8. The van der Waals surface area contributed by atoms with Gasteiger partial charge in [-0.05, 0) is 6.42 Å². The van der Waals surface area contributed by atoms with Crippen molar-refractivity contribution in [3.8, 4) is 0 Å². The molecule has 0 saturated carbocycles. The average molecular weight is 193 g/mol. The van der Waals surface area contributed by atoms with Gasteiger partial charge >= 0.3 is 0 Å². The van der Waals surface area contributed by atoms with Gasteiger partial charge in [0.15, 0.2) is 5.78 Å². The molecule has 9 heavy (non-hydrogen) atoms. The lowest BCUT2D eigenvalue weighted by Gasteiger charge is -1.99. The van der Waals surface area contributed by atoms with Gasteiger partial charge in [-0.15, -0.1) is 0 Å². The fourth-order valence-corrected chi connectivity index (χ4v) is 0.728. The maximum absolute atomic E-state index is 10.7. The van der Waals surface area contributed by atoms with Crippen LogP contribution in [0.5, 0.6) is 0 Å². The fraction of sp³-hybridized carbons (Fsp3) is 0.667. The van der Waals surface area contributed by atoms with Gasteiger partial charge in [0.25, 0.3) is 0 Å². The summed E-state index contributed by atoms with van der Waals surface area (Å²) in [5, 5.41) is 0. The Kier molecular flexibility index (Phi) is 3.70. The highest BCUT2D eigenvalue weighted by Gasteiger charge is 2.15. The molecule has 0 N–H and O–H groups in total. The summed E-state index contributed by atoms with van der Waals surface area (Å²) in [6.45, 7) is 3.13. The summed E-state index contributed by atoms with van der Waals surface area (Å²) in [4.78, 5) is 20.8. The van der Waals surface area contributed by atoms with E-state index in [0.717, 1.165) is 0 Å². The second-order valence-corrected chi connectivity index (χ2v) is 2.90. The Balaban J connectivity index is 3.88. The first kappa shape index (κ1) is 8.82. The van der Waals surface area contributed by atoms with Gasteiger partial charge in [-0.3, -0.25) is 9.59 Å². The van der Waals surface area contributed by atoms with Crippen LogP contribution in [0.4, 0.5) is 0 Å². The van der Waals surface area contributed by atoms with Crippen molar-refractivity contribution in [3.63, 3.8) is 0 Å². The van der Waals surface area contributed by atoms with Gasteiger partial charge in [-0.1, -0.05) is 22.9 Å². The van der Waals surface area contributed by atoms with Gasteiger partial charge in [0.05, 0.1) is 4.83 Å². The molecular weight excluding hydrogens is 184 g/mol. The lowest BCUT2D eigenvalue weighted by atomic mass is 10.2. The predicted molar refractivity (Wildman–Crippen MR) is 38.7 cm³/mol. The molecule has 0 spiro atoms. The van der Waals surface area contributed by atoms with E-state index in [9.17, 15) is 9.59 Å². The second-order valence-electron chi connectivity index (χ2n) is 1.80. The summed E-state index contributed by atoms with van der Waals surface area (Å²) in [7, 11) is 0. The van der Waals surface area contributed by atoms with Crippen LogP contribution in [-0.4, -0.2) is 16.4 Å². The predicted octanol–water partition coefficient (Wildman–Crippen LogP) is 1.32. The van der Waals surface area contributed by atoms with Crippen LogP contribution < -0.4 is 0 Å². The molecule has 0 aromatic rings. The van der Waals surface area contributed by atoms with Crippen LogP contribution >= 0.6 is 15.9 Å². The van der Waals surface area contributed by atoms with E-state index in [1.54, 1.807) is 0 Å². The van der Waals surface area contributed by atoms with Gasteiger partial charge in [0.1, 0.15) is 0 Å². The first-order chi connectivity index (χ1) is 4.09. The van der Waals surface area contributed by atoms with Crippen molar-refractivity contribution >= 4 is 27.5 Å². The van der Waals surface area contributed by atoms with E-state index >= 15 is 0 Å². The number of Topliss-reactive ketones (excluding diaryl/α,β-unsaturated/α-hetero) is 2. The Morgan fingerprint density at radius 3 is 2.11 bits per heavy atom. The molecule has 0 aliphatic heterocycles. The molecule has 0 heterocycles. The number of ketones is 2. The summed E-state index contributed by atoms with van der Waals surface area (Å²) < 4.78 is 0. The Bertz CT molecular complexity index is 131. The first-order valence-corrected chi connectivity index (χ1v) is 3.70. The highest BCUT2D eigenvalue weighted by molar-refractivity contribution is 9.10. The first-order valence-electron chi connectivity index (χ1n) is 2.78. The van der Waals surface area contributed by atoms with Gasteiger partial charge in [0.2, 0.25) is 5.78 Å². The minimum atomic E-state index is -0.376. The minimum absolute atomic E-state index is 0.282. The van der Waals surface area contributed by atoms with E-state index in [4.69, 9.17) is 0 Å². The maximum Gasteiger partial charge on any atom is 0.211 e. The van der Waals surface area contributed by atoms with E-state index in [2.05, 4.69) is 15.9 Å². The zero-order valence-corrected chi connectivity index (χ0v) is 7.06. The van der Waals surface area contributed by atoms with Crippen molar-refractivity contribution in [3.05, 3.63) is 0 Å². The Hall–Kier alpha value is -0.180. The molecule has 0 aliphatic rings. The van der Waals surface area contributed by atoms with E-state index in [0.29, 0.717) is 6.42 Å². The molecule has 0 aromatic heterocycles. The van der Waals surface area contributed by atoms with E-state index in [1.165, 1.54) is 6.92 Å². The zero-order chi connectivity index (χ0) is 7.44. The van der Waals surface area contributed by atoms with Gasteiger partial charge in [0, 0.05) is 6.92 Å². The summed E-state index contributed by atoms with van der Waals surface area (Å²) in [5.74, 6) is -0.712. The quantitative estimate of drug-likeness (QED) is 0.500. The molecule has 0 aromatic carbocycles. The largest absolute Gasteiger partial charge is 0.291 e. The standard InChI is InChI=1S/C6H9BrO2/c1-3-5(7)6(9)4(2)8/h5H,3H2,1-2H3. The number of hydrogen-bond donors (Lipinski definition) is 0. The van der Waals surface area contributed by atoms with Crippen molar-refractivity contribution in [1.82, 2.24) is 0 Å². The third kappa shape index (κ3) is 2.75. The van der Waals surface area contributed by atoms with Crippen LogP contribution in [0.3, 0.4) is 0 Å². The highest BCUT2D eigenvalue weighted by atomic mass is 79.9. The Labute approximate surface area is 62.8 Å². The third-order valence-corrected chi connectivity index (χ3v) is 2.05. The summed E-state index contributed by atoms with van der Waals surface area (Å²) in [5.41, 5.74) is 0. The second kappa shape index (κ2) is 3.77. The Morgan fingerprint density at radius 2 is 2.00 bits per heavy atom. The minimum Gasteiger partial charge on any atom is -0.291 e. The maximum atomic E-state index is 10.7. The molecule has 1 unspecified atom stereocenters. The SMILES string of the molecule is CCC(Br)C(=O)C(C)=O. The lowest BCUT2D eigenvalue weighted by Crippen LogP contribution is -2.20. The zero-order valence-electron chi connectivity index (χ0n) is 5.48. The molecule has 0 radical (unpaired) electrons. The van der Waals surface area contributed by atoms with Crippen molar-refractivity contribution in [2.75, 3.05) is 0 Å². The molecule has 0 fully saturated rings. The van der Waals surface area contributed by atoms with Crippen LogP contribution in [0.1, 0.15) is 20.3 Å². The molecule has 0 saturated heterocycles. The molecular formula is C6H9BrO2. The number of carbonyl (C=O) groups excluding carboxylic acids is 2. The molecule has 1 atom stereocenters. The van der Waals surface area contributed by atoms with Crippen LogP contribution in [0, 0.1) is 0 Å². The molecule has 3 heteroatoms. The van der Waals surface area contributed by atoms with E-state index in [-0.39, 0.29) is 16.4 Å². The summed E-state index contributed by atoms with van der Waals surface area (Å²) in [6, 6.07) is 0. The van der Waals surface area contributed by atoms with Crippen LogP contribution in [0.2, 0.25) is 0 Å². The number of alkyl halides is 1. The fourth-order valence-electron chi connectivity index (χ4n) is 0.406. The van der Waals surface area contributed by atoms with Gasteiger partial charge < -0.3 is 0 Å². The number of halogens is 1. The molecule has 0 rings (SSSR count). The Morgan fingerprint density at radius 1 is 1.56 bits per heavy atom. The average Bonchev–Trinajstić information content (AvgIpc) is 1.84. The topological polar surface area (TPSA) is 34.1 Å². The van der Waals surface area contributed by atoms with Gasteiger partial charge in [-0.25, -0.2) is 0 Å². The third-order valence-electron chi connectivity index (χ3n) is 0.990. The molecule has 0 aliphatic carbocycles. The summed E-state index contributed by atoms with van der Waals surface area (Å²) >= 11 is 3.07. The number of rotatable bonds is 3. The number of carbonyl (C=O) groups is 2. The smallest absolute Gasteiger partial charge is 0.211 e. The lowest BCUT2D eigenvalue weighted by molar-refractivity contribution is -0.134. The monoisotopic (exact) mass is 192 g/mol. The molecule has 0 amide bonds. The van der Waals surface area contributed by atoms with E-state index in [1.807, 2.05) is 6.92 Å². The molecule has 0 bridgehead atoms. The van der Waals surface area contributed by atoms with Crippen LogP contribution in [0.25, 0.3) is 0 Å². The van der Waals surface area contributed by atoms with Crippen molar-refractivity contribution in [1.29, 1.82) is 0 Å². The van der Waals surface area contributed by atoms with Crippen LogP contribution in [0.15, 0.2) is 0 Å². The van der Waals surface area contributed by atoms with Crippen molar-refractivity contribution in [2.45, 2.75) is 25.1 Å². The van der Waals surface area contributed by atoms with E-state index < -0.39 is 0 Å². The number of hydrogen-bond acceptors (Lipinski definition) is 2. The molecule has 52 valence electrons.